The molecule has 29 heavy (non-hydrogen) atoms. The Balaban J connectivity index is 1.89. The Bertz CT molecular complexity index is 979. The average Bonchev–Trinajstić information content (AvgIpc) is 2.95. The number of thioether (sulfide) groups is 1. The highest BCUT2D eigenvalue weighted by molar-refractivity contribution is 8.18. The van der Waals surface area contributed by atoms with E-state index in [0.717, 1.165) is 11.8 Å². The summed E-state index contributed by atoms with van der Waals surface area (Å²) in [7, 11) is 0. The zero-order valence-corrected chi connectivity index (χ0v) is 17.5. The lowest BCUT2D eigenvalue weighted by Gasteiger charge is -2.15. The van der Waals surface area contributed by atoms with Crippen molar-refractivity contribution in [2.75, 3.05) is 13.2 Å². The molecule has 0 saturated carbocycles. The highest BCUT2D eigenvalue weighted by atomic mass is 35.5. The third-order valence-electron chi connectivity index (χ3n) is 4.15. The molecule has 5 nitrogen and oxygen atoms in total. The number of ether oxygens (including phenoxy) is 2. The number of likely N-dealkylation sites (N-methyl/N-ethyl adjacent to an activating group) is 1. The second-order valence-corrected chi connectivity index (χ2v) is 7.47. The van der Waals surface area contributed by atoms with Crippen molar-refractivity contribution in [1.82, 2.24) is 4.90 Å². The van der Waals surface area contributed by atoms with E-state index in [0.29, 0.717) is 34.9 Å². The van der Waals surface area contributed by atoms with Gasteiger partial charge in [0.05, 0.1) is 16.5 Å². The summed E-state index contributed by atoms with van der Waals surface area (Å²) >= 11 is 7.27. The van der Waals surface area contributed by atoms with Gasteiger partial charge in [-0.2, -0.15) is 0 Å². The number of imide groups is 1. The van der Waals surface area contributed by atoms with E-state index in [1.54, 1.807) is 43.3 Å². The van der Waals surface area contributed by atoms with Gasteiger partial charge in [-0.05, 0) is 55.4 Å². The molecule has 1 aliphatic rings. The topological polar surface area (TPSA) is 55.8 Å². The van der Waals surface area contributed by atoms with Crippen LogP contribution in [-0.2, 0) is 11.4 Å². The van der Waals surface area contributed by atoms with Gasteiger partial charge in [0, 0.05) is 12.1 Å². The second-order valence-electron chi connectivity index (χ2n) is 6.07. The molecule has 1 aliphatic heterocycles. The van der Waals surface area contributed by atoms with E-state index >= 15 is 0 Å². The standard InChI is InChI=1S/C21H19ClFNO4S/c1-3-24-20(25)18(29-21(24)26)11-13-9-15(22)19(17(10-13)27-4-2)28-12-14-7-5-6-8-16(14)23/h5-11H,3-4,12H2,1-2H3. The van der Waals surface area contributed by atoms with Gasteiger partial charge in [-0.3, -0.25) is 14.5 Å². The maximum absolute atomic E-state index is 13.8. The van der Waals surface area contributed by atoms with Crippen LogP contribution in [0.3, 0.4) is 0 Å². The minimum atomic E-state index is -0.371. The van der Waals surface area contributed by atoms with Crippen molar-refractivity contribution in [1.29, 1.82) is 0 Å². The third kappa shape index (κ3) is 4.74. The van der Waals surface area contributed by atoms with E-state index in [-0.39, 0.29) is 34.3 Å². The maximum Gasteiger partial charge on any atom is 0.293 e. The molecule has 0 atom stereocenters. The van der Waals surface area contributed by atoms with Crippen molar-refractivity contribution in [3.8, 4) is 11.5 Å². The van der Waals surface area contributed by atoms with Crippen LogP contribution in [-0.4, -0.2) is 29.2 Å². The summed E-state index contributed by atoms with van der Waals surface area (Å²) in [6, 6.07) is 9.59. The lowest BCUT2D eigenvalue weighted by Crippen LogP contribution is -2.27. The van der Waals surface area contributed by atoms with E-state index in [2.05, 4.69) is 0 Å². The minimum absolute atomic E-state index is 0.0127. The number of hydrogen-bond donors (Lipinski definition) is 0. The molecule has 0 N–H and O–H groups in total. The molecule has 152 valence electrons. The largest absolute Gasteiger partial charge is 0.490 e. The molecular weight excluding hydrogens is 417 g/mol. The summed E-state index contributed by atoms with van der Waals surface area (Å²) in [5, 5.41) is -0.0435. The van der Waals surface area contributed by atoms with Crippen LogP contribution in [0.2, 0.25) is 5.02 Å². The first-order valence-electron chi connectivity index (χ1n) is 9.02. The lowest BCUT2D eigenvalue weighted by atomic mass is 10.1. The fourth-order valence-electron chi connectivity index (χ4n) is 2.76. The van der Waals surface area contributed by atoms with Crippen molar-refractivity contribution in [2.45, 2.75) is 20.5 Å². The molecule has 0 radical (unpaired) electrons. The van der Waals surface area contributed by atoms with Gasteiger partial charge in [0.1, 0.15) is 12.4 Å². The smallest absolute Gasteiger partial charge is 0.293 e. The maximum atomic E-state index is 13.8. The summed E-state index contributed by atoms with van der Waals surface area (Å²) < 4.78 is 25.2. The summed E-state index contributed by atoms with van der Waals surface area (Å²) in [5.74, 6) is -0.0470. The summed E-state index contributed by atoms with van der Waals surface area (Å²) in [6.45, 7) is 4.22. The molecule has 2 amide bonds. The Morgan fingerprint density at radius 1 is 1.17 bits per heavy atom. The Morgan fingerprint density at radius 2 is 1.93 bits per heavy atom. The predicted octanol–water partition coefficient (Wildman–Crippen LogP) is 5.51. The van der Waals surface area contributed by atoms with Crippen LogP contribution >= 0.6 is 23.4 Å². The van der Waals surface area contributed by atoms with E-state index < -0.39 is 0 Å². The van der Waals surface area contributed by atoms with Gasteiger partial charge in [0.25, 0.3) is 11.1 Å². The number of nitrogens with zero attached hydrogens (tertiary/aromatic N) is 1. The first kappa shape index (κ1) is 21.2. The van der Waals surface area contributed by atoms with Crippen LogP contribution in [0, 0.1) is 5.82 Å². The zero-order chi connectivity index (χ0) is 21.0. The van der Waals surface area contributed by atoms with Crippen LogP contribution in [0.25, 0.3) is 6.08 Å². The van der Waals surface area contributed by atoms with Gasteiger partial charge in [-0.1, -0.05) is 29.8 Å². The summed E-state index contributed by atoms with van der Waals surface area (Å²) in [4.78, 5) is 25.7. The van der Waals surface area contributed by atoms with Crippen LogP contribution in [0.4, 0.5) is 9.18 Å². The van der Waals surface area contributed by atoms with E-state index in [1.807, 2.05) is 6.92 Å². The monoisotopic (exact) mass is 435 g/mol. The van der Waals surface area contributed by atoms with Gasteiger partial charge in [-0.25, -0.2) is 4.39 Å². The number of carbonyl (C=O) groups is 2. The van der Waals surface area contributed by atoms with Crippen molar-refractivity contribution in [2.24, 2.45) is 0 Å². The Morgan fingerprint density at radius 3 is 2.59 bits per heavy atom. The predicted molar refractivity (Wildman–Crippen MR) is 112 cm³/mol. The third-order valence-corrected chi connectivity index (χ3v) is 5.34. The van der Waals surface area contributed by atoms with Crippen molar-refractivity contribution < 1.29 is 23.5 Å². The highest BCUT2D eigenvalue weighted by Gasteiger charge is 2.33. The van der Waals surface area contributed by atoms with Crippen LogP contribution in [0.15, 0.2) is 41.3 Å². The van der Waals surface area contributed by atoms with Gasteiger partial charge in [0.15, 0.2) is 11.5 Å². The van der Waals surface area contributed by atoms with E-state index in [1.165, 1.54) is 11.0 Å². The molecule has 3 rings (SSSR count). The molecule has 0 aromatic heterocycles. The SMILES string of the molecule is CCOc1cc(C=C2SC(=O)N(CC)C2=O)cc(Cl)c1OCc1ccccc1F. The number of benzene rings is 2. The van der Waals surface area contributed by atoms with E-state index in [4.69, 9.17) is 21.1 Å². The Hall–Kier alpha value is -2.51. The first-order chi connectivity index (χ1) is 13.9. The van der Waals surface area contributed by atoms with E-state index in [9.17, 15) is 14.0 Å². The fraction of sp³-hybridized carbons (Fsp3) is 0.238. The molecule has 0 spiro atoms. The van der Waals surface area contributed by atoms with Crippen molar-refractivity contribution in [3.63, 3.8) is 0 Å². The molecular formula is C21H19ClFNO4S. The van der Waals surface area contributed by atoms with Crippen molar-refractivity contribution >= 4 is 40.6 Å². The zero-order valence-electron chi connectivity index (χ0n) is 15.9. The number of hydrogen-bond acceptors (Lipinski definition) is 5. The average molecular weight is 436 g/mol. The molecule has 8 heteroatoms. The molecule has 0 unspecified atom stereocenters. The quantitative estimate of drug-likeness (QED) is 0.536. The van der Waals surface area contributed by atoms with Gasteiger partial charge in [-0.15, -0.1) is 0 Å². The van der Waals surface area contributed by atoms with Crippen LogP contribution in [0.5, 0.6) is 11.5 Å². The van der Waals surface area contributed by atoms with Gasteiger partial charge in [0.2, 0.25) is 0 Å². The number of amides is 2. The van der Waals surface area contributed by atoms with Gasteiger partial charge >= 0.3 is 0 Å². The molecule has 0 bridgehead atoms. The molecule has 1 fully saturated rings. The number of halogens is 2. The van der Waals surface area contributed by atoms with Crippen molar-refractivity contribution in [3.05, 3.63) is 63.3 Å². The molecule has 0 aliphatic carbocycles. The Kier molecular flexibility index (Phi) is 6.82. The molecule has 1 heterocycles. The number of carbonyl (C=O) groups excluding carboxylic acids is 2. The second kappa shape index (κ2) is 9.33. The molecule has 1 saturated heterocycles. The van der Waals surface area contributed by atoms with Gasteiger partial charge < -0.3 is 9.47 Å². The molecule has 2 aromatic rings. The number of rotatable bonds is 7. The molecule has 2 aromatic carbocycles. The van der Waals surface area contributed by atoms with Crippen LogP contribution < -0.4 is 9.47 Å². The van der Waals surface area contributed by atoms with Crippen LogP contribution in [0.1, 0.15) is 25.0 Å². The lowest BCUT2D eigenvalue weighted by molar-refractivity contribution is -0.122. The normalized spacial score (nSPS) is 15.3. The Labute approximate surface area is 177 Å². The summed E-state index contributed by atoms with van der Waals surface area (Å²) in [5.41, 5.74) is 0.988. The first-order valence-corrected chi connectivity index (χ1v) is 10.2. The minimum Gasteiger partial charge on any atom is -0.490 e. The fourth-order valence-corrected chi connectivity index (χ4v) is 3.94. The summed E-state index contributed by atoms with van der Waals surface area (Å²) in [6.07, 6.45) is 1.59. The highest BCUT2D eigenvalue weighted by Crippen LogP contribution is 2.39.